The molecule has 0 radical (unpaired) electrons. The monoisotopic (exact) mass is 315 g/mol. The number of nitrogens with zero attached hydrogens (tertiary/aromatic N) is 3. The molecule has 3 aromatic heterocycles. The smallest absolute Gasteiger partial charge is 0.337 e. The Kier molecular flexibility index (Phi) is 3.96. The number of pyridine rings is 2. The van der Waals surface area contributed by atoms with E-state index in [1.54, 1.807) is 0 Å². The van der Waals surface area contributed by atoms with Crippen molar-refractivity contribution in [1.29, 1.82) is 0 Å². The fourth-order valence-electron chi connectivity index (χ4n) is 1.83. The van der Waals surface area contributed by atoms with E-state index in [1.165, 1.54) is 36.7 Å². The van der Waals surface area contributed by atoms with Crippen molar-refractivity contribution in [1.82, 2.24) is 15.1 Å². The quantitative estimate of drug-likeness (QED) is 0.772. The van der Waals surface area contributed by atoms with Crippen LogP contribution in [0.1, 0.15) is 15.9 Å². The van der Waals surface area contributed by atoms with Crippen LogP contribution >= 0.6 is 0 Å². The van der Waals surface area contributed by atoms with Gasteiger partial charge in [0.15, 0.2) is 0 Å². The largest absolute Gasteiger partial charge is 0.478 e. The standard InChI is InChI=1S/C15H10FN3O4/c16-11-2-3-12(17-6-11)14-10(8-23-19-14)7-22-13-4-1-9(5-18-13)15(20)21/h1-6,8H,7H2,(H,20,21). The third-order valence-corrected chi connectivity index (χ3v) is 2.97. The summed E-state index contributed by atoms with van der Waals surface area (Å²) < 4.78 is 23.3. The van der Waals surface area contributed by atoms with Crippen LogP contribution in [-0.2, 0) is 6.61 Å². The lowest BCUT2D eigenvalue weighted by molar-refractivity contribution is 0.0696. The highest BCUT2D eigenvalue weighted by atomic mass is 19.1. The summed E-state index contributed by atoms with van der Waals surface area (Å²) in [6, 6.07) is 5.60. The SMILES string of the molecule is O=C(O)c1ccc(OCc2conc2-c2ccc(F)cn2)nc1. The Hall–Kier alpha value is -3.29. The molecule has 0 saturated heterocycles. The van der Waals surface area contributed by atoms with E-state index in [9.17, 15) is 9.18 Å². The lowest BCUT2D eigenvalue weighted by atomic mass is 10.2. The number of carboxylic acids is 1. The van der Waals surface area contributed by atoms with E-state index in [4.69, 9.17) is 14.4 Å². The van der Waals surface area contributed by atoms with Crippen molar-refractivity contribution in [2.24, 2.45) is 0 Å². The number of halogens is 1. The maximum absolute atomic E-state index is 12.9. The number of rotatable bonds is 5. The Morgan fingerprint density at radius 3 is 2.74 bits per heavy atom. The molecule has 3 aromatic rings. The van der Waals surface area contributed by atoms with E-state index in [0.717, 1.165) is 6.20 Å². The van der Waals surface area contributed by atoms with E-state index in [-0.39, 0.29) is 18.1 Å². The third kappa shape index (κ3) is 3.31. The fraction of sp³-hybridized carbons (Fsp3) is 0.0667. The highest BCUT2D eigenvalue weighted by molar-refractivity contribution is 5.87. The molecule has 0 amide bonds. The van der Waals surface area contributed by atoms with Gasteiger partial charge in [-0.3, -0.25) is 4.98 Å². The first-order chi connectivity index (χ1) is 11.1. The summed E-state index contributed by atoms with van der Waals surface area (Å²) in [4.78, 5) is 18.6. The van der Waals surface area contributed by atoms with Gasteiger partial charge in [-0.25, -0.2) is 14.2 Å². The van der Waals surface area contributed by atoms with Crippen LogP contribution in [0.5, 0.6) is 5.88 Å². The van der Waals surface area contributed by atoms with Crippen LogP contribution in [-0.4, -0.2) is 26.2 Å². The van der Waals surface area contributed by atoms with Gasteiger partial charge in [-0.2, -0.15) is 0 Å². The Balaban J connectivity index is 1.73. The Labute approximate surface area is 129 Å². The van der Waals surface area contributed by atoms with Gasteiger partial charge in [0.1, 0.15) is 24.4 Å². The van der Waals surface area contributed by atoms with Crippen molar-refractivity contribution >= 4 is 5.97 Å². The van der Waals surface area contributed by atoms with Crippen molar-refractivity contribution in [2.45, 2.75) is 6.61 Å². The van der Waals surface area contributed by atoms with Crippen molar-refractivity contribution < 1.29 is 23.6 Å². The Morgan fingerprint density at radius 2 is 2.09 bits per heavy atom. The summed E-state index contributed by atoms with van der Waals surface area (Å²) >= 11 is 0. The van der Waals surface area contributed by atoms with Gasteiger partial charge in [-0.15, -0.1) is 0 Å². The molecule has 0 atom stereocenters. The maximum atomic E-state index is 12.9. The van der Waals surface area contributed by atoms with Crippen molar-refractivity contribution in [3.63, 3.8) is 0 Å². The molecule has 116 valence electrons. The highest BCUT2D eigenvalue weighted by Gasteiger charge is 2.13. The topological polar surface area (TPSA) is 98.3 Å². The summed E-state index contributed by atoms with van der Waals surface area (Å²) in [5.74, 6) is -1.25. The molecule has 1 N–H and O–H groups in total. The molecular formula is C15H10FN3O4. The van der Waals surface area contributed by atoms with Crippen LogP contribution in [0.15, 0.2) is 47.4 Å². The first-order valence-corrected chi connectivity index (χ1v) is 6.51. The zero-order chi connectivity index (χ0) is 16.2. The Morgan fingerprint density at radius 1 is 1.22 bits per heavy atom. The van der Waals surface area contributed by atoms with Gasteiger partial charge in [0.25, 0.3) is 0 Å². The summed E-state index contributed by atoms with van der Waals surface area (Å²) in [5, 5.41) is 12.6. The van der Waals surface area contributed by atoms with Gasteiger partial charge in [0.05, 0.1) is 23.0 Å². The second-order valence-corrected chi connectivity index (χ2v) is 4.53. The molecule has 0 spiro atoms. The van der Waals surface area contributed by atoms with E-state index >= 15 is 0 Å². The van der Waals surface area contributed by atoms with E-state index in [2.05, 4.69) is 15.1 Å². The lowest BCUT2D eigenvalue weighted by Crippen LogP contribution is -2.01. The van der Waals surface area contributed by atoms with E-state index < -0.39 is 11.8 Å². The predicted octanol–water partition coefficient (Wildman–Crippen LogP) is 2.55. The number of hydrogen-bond donors (Lipinski definition) is 1. The number of aromatic nitrogens is 3. The molecule has 23 heavy (non-hydrogen) atoms. The van der Waals surface area contributed by atoms with Crippen LogP contribution < -0.4 is 4.74 Å². The van der Waals surface area contributed by atoms with Crippen LogP contribution in [0, 0.1) is 5.82 Å². The molecule has 0 aliphatic carbocycles. The predicted molar refractivity (Wildman–Crippen MR) is 75.2 cm³/mol. The van der Waals surface area contributed by atoms with Gasteiger partial charge < -0.3 is 14.4 Å². The zero-order valence-corrected chi connectivity index (χ0v) is 11.6. The maximum Gasteiger partial charge on any atom is 0.337 e. The molecule has 0 bridgehead atoms. The molecule has 0 saturated carbocycles. The third-order valence-electron chi connectivity index (χ3n) is 2.97. The van der Waals surface area contributed by atoms with Crippen LogP contribution in [0.2, 0.25) is 0 Å². The number of carbonyl (C=O) groups is 1. The number of aromatic carboxylic acids is 1. The molecule has 7 nitrogen and oxygen atoms in total. The van der Waals surface area contributed by atoms with Gasteiger partial charge >= 0.3 is 5.97 Å². The van der Waals surface area contributed by atoms with Crippen LogP contribution in [0.3, 0.4) is 0 Å². The minimum atomic E-state index is -1.06. The van der Waals surface area contributed by atoms with Crippen molar-refractivity contribution in [3.8, 4) is 17.3 Å². The van der Waals surface area contributed by atoms with Gasteiger partial charge in [0, 0.05) is 12.3 Å². The summed E-state index contributed by atoms with van der Waals surface area (Å²) in [6.45, 7) is 0.0946. The summed E-state index contributed by atoms with van der Waals surface area (Å²) in [7, 11) is 0. The number of ether oxygens (including phenoxy) is 1. The molecular weight excluding hydrogens is 305 g/mol. The van der Waals surface area contributed by atoms with Gasteiger partial charge in [-0.05, 0) is 18.2 Å². The molecule has 3 rings (SSSR count). The minimum Gasteiger partial charge on any atom is -0.478 e. The molecule has 3 heterocycles. The first-order valence-electron chi connectivity index (χ1n) is 6.51. The van der Waals surface area contributed by atoms with E-state index in [1.807, 2.05) is 0 Å². The zero-order valence-electron chi connectivity index (χ0n) is 11.6. The number of carboxylic acid groups (broad SMARTS) is 1. The van der Waals surface area contributed by atoms with Crippen molar-refractivity contribution in [3.05, 3.63) is 59.9 Å². The molecule has 8 heteroatoms. The fourth-order valence-corrected chi connectivity index (χ4v) is 1.83. The molecule has 0 unspecified atom stereocenters. The Bertz CT molecular complexity index is 815. The van der Waals surface area contributed by atoms with E-state index in [0.29, 0.717) is 17.0 Å². The summed E-state index contributed by atoms with van der Waals surface area (Å²) in [6.07, 6.45) is 3.68. The van der Waals surface area contributed by atoms with Gasteiger partial charge in [-0.1, -0.05) is 5.16 Å². The molecule has 0 fully saturated rings. The summed E-state index contributed by atoms with van der Waals surface area (Å²) in [5.41, 5.74) is 1.56. The minimum absolute atomic E-state index is 0.0681. The van der Waals surface area contributed by atoms with Crippen molar-refractivity contribution in [2.75, 3.05) is 0 Å². The normalized spacial score (nSPS) is 10.5. The van der Waals surface area contributed by atoms with Crippen LogP contribution in [0.25, 0.3) is 11.4 Å². The highest BCUT2D eigenvalue weighted by Crippen LogP contribution is 2.21. The van der Waals surface area contributed by atoms with Crippen LogP contribution in [0.4, 0.5) is 4.39 Å². The second kappa shape index (κ2) is 6.22. The van der Waals surface area contributed by atoms with Gasteiger partial charge in [0.2, 0.25) is 5.88 Å². The second-order valence-electron chi connectivity index (χ2n) is 4.53. The average molecular weight is 315 g/mol. The lowest BCUT2D eigenvalue weighted by Gasteiger charge is -2.05. The molecule has 0 aliphatic heterocycles. The first kappa shape index (κ1) is 14.6. The molecule has 0 aliphatic rings. The molecule has 0 aromatic carbocycles. The average Bonchev–Trinajstić information content (AvgIpc) is 3.02. The number of hydrogen-bond acceptors (Lipinski definition) is 6.